The molecule has 1 unspecified atom stereocenters. The summed E-state index contributed by atoms with van der Waals surface area (Å²) in [6.45, 7) is 7.98. The molecule has 6 nitrogen and oxygen atoms in total. The van der Waals surface area contributed by atoms with Crippen molar-refractivity contribution in [2.45, 2.75) is 40.2 Å². The smallest absolute Gasteiger partial charge is 0.310 e. The van der Waals surface area contributed by atoms with E-state index in [0.717, 1.165) is 16.9 Å². The van der Waals surface area contributed by atoms with E-state index in [9.17, 15) is 9.59 Å². The highest BCUT2D eigenvalue weighted by molar-refractivity contribution is 5.96. The van der Waals surface area contributed by atoms with Crippen LogP contribution in [0.4, 0.5) is 5.69 Å². The summed E-state index contributed by atoms with van der Waals surface area (Å²) in [4.78, 5) is 24.3. The Bertz CT molecular complexity index is 818. The predicted molar refractivity (Wildman–Crippen MR) is 108 cm³/mol. The fraction of sp³-hybridized carbons (Fsp3) is 0.364. The number of amides is 1. The number of hydrogen-bond donors (Lipinski definition) is 1. The van der Waals surface area contributed by atoms with E-state index in [1.54, 1.807) is 18.2 Å². The minimum Gasteiger partial charge on any atom is -0.493 e. The van der Waals surface area contributed by atoms with Crippen LogP contribution in [-0.2, 0) is 14.3 Å². The van der Waals surface area contributed by atoms with Gasteiger partial charge in [0.15, 0.2) is 6.10 Å². The molecule has 0 spiro atoms. The first-order valence-corrected chi connectivity index (χ1v) is 9.33. The quantitative estimate of drug-likeness (QED) is 0.660. The van der Waals surface area contributed by atoms with E-state index in [1.165, 1.54) is 6.92 Å². The van der Waals surface area contributed by atoms with E-state index in [1.807, 2.05) is 45.0 Å². The van der Waals surface area contributed by atoms with Crippen LogP contribution in [0.25, 0.3) is 0 Å². The van der Waals surface area contributed by atoms with Crippen molar-refractivity contribution < 1.29 is 23.8 Å². The van der Waals surface area contributed by atoms with Gasteiger partial charge in [-0.1, -0.05) is 24.3 Å². The molecule has 0 saturated carbocycles. The third kappa shape index (κ3) is 6.30. The van der Waals surface area contributed by atoms with E-state index in [2.05, 4.69) is 5.32 Å². The Labute approximate surface area is 165 Å². The van der Waals surface area contributed by atoms with E-state index < -0.39 is 18.0 Å². The molecule has 1 atom stereocenters. The van der Waals surface area contributed by atoms with Gasteiger partial charge in [0.2, 0.25) is 0 Å². The van der Waals surface area contributed by atoms with E-state index in [-0.39, 0.29) is 13.0 Å². The first-order chi connectivity index (χ1) is 13.4. The number of carbonyl (C=O) groups excluding carboxylic acids is 2. The highest BCUT2D eigenvalue weighted by atomic mass is 16.6. The van der Waals surface area contributed by atoms with Gasteiger partial charge in [0, 0.05) is 0 Å². The molecular formula is C22H27NO5. The van der Waals surface area contributed by atoms with Crippen molar-refractivity contribution in [2.24, 2.45) is 0 Å². The summed E-state index contributed by atoms with van der Waals surface area (Å²) in [7, 11) is 0. The molecule has 0 aromatic heterocycles. The second kappa shape index (κ2) is 10.3. The zero-order chi connectivity index (χ0) is 20.5. The summed E-state index contributed by atoms with van der Waals surface area (Å²) in [6, 6.07) is 13.0. The van der Waals surface area contributed by atoms with Crippen molar-refractivity contribution in [3.63, 3.8) is 0 Å². The van der Waals surface area contributed by atoms with Crippen molar-refractivity contribution in [3.05, 3.63) is 53.6 Å². The van der Waals surface area contributed by atoms with Gasteiger partial charge in [0.25, 0.3) is 5.91 Å². The van der Waals surface area contributed by atoms with E-state index >= 15 is 0 Å². The van der Waals surface area contributed by atoms with Crippen LogP contribution in [0.3, 0.4) is 0 Å². The Morgan fingerprint density at radius 1 is 1.04 bits per heavy atom. The molecule has 150 valence electrons. The molecule has 0 aliphatic heterocycles. The molecule has 6 heteroatoms. The Morgan fingerprint density at radius 2 is 1.79 bits per heavy atom. The van der Waals surface area contributed by atoms with Gasteiger partial charge in [-0.3, -0.25) is 9.59 Å². The Morgan fingerprint density at radius 3 is 2.54 bits per heavy atom. The van der Waals surface area contributed by atoms with Gasteiger partial charge < -0.3 is 19.5 Å². The fourth-order valence-electron chi connectivity index (χ4n) is 2.50. The van der Waals surface area contributed by atoms with Gasteiger partial charge in [-0.15, -0.1) is 0 Å². The first-order valence-electron chi connectivity index (χ1n) is 9.33. The minimum atomic E-state index is -0.928. The van der Waals surface area contributed by atoms with Crippen LogP contribution < -0.4 is 14.8 Å². The molecular weight excluding hydrogens is 358 g/mol. The van der Waals surface area contributed by atoms with Crippen LogP contribution in [0.1, 0.15) is 31.4 Å². The number of aryl methyl sites for hydroxylation is 2. The van der Waals surface area contributed by atoms with E-state index in [0.29, 0.717) is 18.0 Å². The second-order valence-corrected chi connectivity index (χ2v) is 6.42. The SMILES string of the molecule is CCOc1ccccc1NC(=O)C(C)OC(=O)CCOc1cc(C)ccc1C. The van der Waals surface area contributed by atoms with Gasteiger partial charge in [-0.2, -0.15) is 0 Å². The number of para-hydroxylation sites is 2. The fourth-order valence-corrected chi connectivity index (χ4v) is 2.50. The molecule has 0 radical (unpaired) electrons. The summed E-state index contributed by atoms with van der Waals surface area (Å²) < 4.78 is 16.3. The first kappa shape index (κ1) is 21.3. The highest BCUT2D eigenvalue weighted by Gasteiger charge is 2.19. The van der Waals surface area contributed by atoms with Crippen LogP contribution >= 0.6 is 0 Å². The largest absolute Gasteiger partial charge is 0.493 e. The molecule has 0 fully saturated rings. The lowest BCUT2D eigenvalue weighted by molar-refractivity contribution is -0.153. The van der Waals surface area contributed by atoms with Gasteiger partial charge >= 0.3 is 5.97 Å². The summed E-state index contributed by atoms with van der Waals surface area (Å²) in [5, 5.41) is 2.72. The zero-order valence-corrected chi connectivity index (χ0v) is 16.8. The van der Waals surface area contributed by atoms with Crippen molar-refractivity contribution in [1.29, 1.82) is 0 Å². The summed E-state index contributed by atoms with van der Waals surface area (Å²) >= 11 is 0. The minimum absolute atomic E-state index is 0.0561. The normalized spacial score (nSPS) is 11.4. The number of rotatable bonds is 9. The average Bonchev–Trinajstić information content (AvgIpc) is 2.66. The number of anilines is 1. The molecule has 0 heterocycles. The van der Waals surface area contributed by atoms with Crippen LogP contribution in [0.2, 0.25) is 0 Å². The molecule has 0 aliphatic rings. The molecule has 28 heavy (non-hydrogen) atoms. The summed E-state index contributed by atoms with van der Waals surface area (Å²) in [6.07, 6.45) is -0.872. The van der Waals surface area contributed by atoms with Gasteiger partial charge in [-0.05, 0) is 57.0 Å². The number of hydrogen-bond acceptors (Lipinski definition) is 5. The number of carbonyl (C=O) groups is 2. The number of nitrogens with one attached hydrogen (secondary N) is 1. The highest BCUT2D eigenvalue weighted by Crippen LogP contribution is 2.24. The van der Waals surface area contributed by atoms with Crippen LogP contribution in [0, 0.1) is 13.8 Å². The average molecular weight is 385 g/mol. The molecule has 1 N–H and O–H groups in total. The van der Waals surface area contributed by atoms with Crippen LogP contribution in [-0.4, -0.2) is 31.2 Å². The molecule has 0 saturated heterocycles. The van der Waals surface area contributed by atoms with E-state index in [4.69, 9.17) is 14.2 Å². The number of ether oxygens (including phenoxy) is 3. The van der Waals surface area contributed by atoms with Crippen molar-refractivity contribution in [1.82, 2.24) is 0 Å². The summed E-state index contributed by atoms with van der Waals surface area (Å²) in [5.74, 6) is 0.395. The maximum atomic E-state index is 12.3. The Kier molecular flexibility index (Phi) is 7.87. The maximum Gasteiger partial charge on any atom is 0.310 e. The van der Waals surface area contributed by atoms with Gasteiger partial charge in [-0.25, -0.2) is 0 Å². The molecule has 2 aromatic carbocycles. The zero-order valence-electron chi connectivity index (χ0n) is 16.8. The predicted octanol–water partition coefficient (Wildman–Crippen LogP) is 4.04. The van der Waals surface area contributed by atoms with Crippen LogP contribution in [0.15, 0.2) is 42.5 Å². The lowest BCUT2D eigenvalue weighted by atomic mass is 10.1. The van der Waals surface area contributed by atoms with Gasteiger partial charge in [0.1, 0.15) is 11.5 Å². The topological polar surface area (TPSA) is 73.9 Å². The maximum absolute atomic E-state index is 12.3. The monoisotopic (exact) mass is 385 g/mol. The number of benzene rings is 2. The molecule has 2 aromatic rings. The Hall–Kier alpha value is -3.02. The van der Waals surface area contributed by atoms with Crippen molar-refractivity contribution >= 4 is 17.6 Å². The van der Waals surface area contributed by atoms with Crippen molar-refractivity contribution in [2.75, 3.05) is 18.5 Å². The summed E-state index contributed by atoms with van der Waals surface area (Å²) in [5.41, 5.74) is 2.62. The molecule has 0 bridgehead atoms. The Balaban J connectivity index is 1.81. The van der Waals surface area contributed by atoms with Crippen molar-refractivity contribution in [3.8, 4) is 11.5 Å². The standard InChI is InChI=1S/C22H27NO5/c1-5-26-19-9-7-6-8-18(19)23-22(25)17(4)28-21(24)12-13-27-20-14-15(2)10-11-16(20)3/h6-11,14,17H,5,12-13H2,1-4H3,(H,23,25). The lowest BCUT2D eigenvalue weighted by Gasteiger charge is -2.16. The second-order valence-electron chi connectivity index (χ2n) is 6.42. The number of esters is 1. The molecule has 0 aliphatic carbocycles. The van der Waals surface area contributed by atoms with Gasteiger partial charge in [0.05, 0.1) is 25.3 Å². The van der Waals surface area contributed by atoms with Crippen LogP contribution in [0.5, 0.6) is 11.5 Å². The third-order valence-corrected chi connectivity index (χ3v) is 4.03. The lowest BCUT2D eigenvalue weighted by Crippen LogP contribution is -2.30. The molecule has 1 amide bonds. The third-order valence-electron chi connectivity index (χ3n) is 4.03. The molecule has 2 rings (SSSR count).